The van der Waals surface area contributed by atoms with Gasteiger partial charge in [-0.1, -0.05) is 29.8 Å². The molecule has 1 aromatic heterocycles. The van der Waals surface area contributed by atoms with E-state index in [1.807, 2.05) is 29.2 Å². The molecule has 1 aliphatic rings. The van der Waals surface area contributed by atoms with Crippen LogP contribution in [0.1, 0.15) is 12.0 Å². The molecule has 1 aliphatic heterocycles. The van der Waals surface area contributed by atoms with E-state index in [0.29, 0.717) is 13.1 Å². The number of aromatic nitrogens is 2. The van der Waals surface area contributed by atoms with Gasteiger partial charge < -0.3 is 9.64 Å². The molecule has 150 valence electrons. The second-order valence-corrected chi connectivity index (χ2v) is 6.95. The first-order valence-electron chi connectivity index (χ1n) is 8.97. The zero-order valence-electron chi connectivity index (χ0n) is 15.6. The number of benzene rings is 1. The van der Waals surface area contributed by atoms with Crippen molar-refractivity contribution in [3.63, 3.8) is 0 Å². The van der Waals surface area contributed by atoms with Gasteiger partial charge in [-0.15, -0.1) is 5.10 Å². The summed E-state index contributed by atoms with van der Waals surface area (Å²) in [5.41, 5.74) is 0.876. The highest BCUT2D eigenvalue weighted by molar-refractivity contribution is 6.31. The van der Waals surface area contributed by atoms with Crippen LogP contribution in [-0.2, 0) is 17.9 Å². The molecular formula is C18H22ClN5O4. The molecule has 0 unspecified atom stereocenters. The molecule has 0 bridgehead atoms. The van der Waals surface area contributed by atoms with Gasteiger partial charge in [-0.3, -0.25) is 24.5 Å². The number of halogens is 1. The molecule has 1 amide bonds. The van der Waals surface area contributed by atoms with Gasteiger partial charge >= 0.3 is 11.6 Å². The zero-order chi connectivity index (χ0) is 20.1. The number of piperazine rings is 1. The van der Waals surface area contributed by atoms with Crippen molar-refractivity contribution in [2.45, 2.75) is 19.5 Å². The lowest BCUT2D eigenvalue weighted by Gasteiger charge is -2.35. The number of amides is 1. The summed E-state index contributed by atoms with van der Waals surface area (Å²) >= 11 is 6.21. The number of carbonyl (C=O) groups excluding carboxylic acids is 1. The summed E-state index contributed by atoms with van der Waals surface area (Å²) in [6, 6.07) is 7.77. The zero-order valence-corrected chi connectivity index (χ0v) is 16.3. The third kappa shape index (κ3) is 4.79. The normalized spacial score (nSPS) is 14.9. The highest BCUT2D eigenvalue weighted by Gasteiger charge is 2.23. The van der Waals surface area contributed by atoms with Gasteiger partial charge in [0.25, 0.3) is 0 Å². The van der Waals surface area contributed by atoms with Crippen molar-refractivity contribution in [3.8, 4) is 5.88 Å². The first kappa shape index (κ1) is 20.1. The minimum atomic E-state index is -0.553. The van der Waals surface area contributed by atoms with Crippen molar-refractivity contribution in [3.05, 3.63) is 51.2 Å². The SMILES string of the molecule is COc1nn(CCC(=O)N2CCN(Cc3ccccc3Cl)CC2)cc1[N+](=O)[O-]. The molecule has 1 saturated heterocycles. The average Bonchev–Trinajstić information content (AvgIpc) is 3.12. The maximum atomic E-state index is 12.5. The van der Waals surface area contributed by atoms with E-state index >= 15 is 0 Å². The van der Waals surface area contributed by atoms with Gasteiger partial charge in [0.15, 0.2) is 0 Å². The number of ether oxygens (including phenoxy) is 1. The molecule has 9 nitrogen and oxygen atoms in total. The Labute approximate surface area is 167 Å². The third-order valence-corrected chi connectivity index (χ3v) is 5.10. The van der Waals surface area contributed by atoms with Crippen molar-refractivity contribution in [1.82, 2.24) is 19.6 Å². The smallest absolute Gasteiger partial charge is 0.350 e. The standard InChI is InChI=1S/C18H22ClN5O4/c1-28-18-16(24(26)27)13-23(20-18)7-6-17(25)22-10-8-21(9-11-22)12-14-4-2-3-5-15(14)19/h2-5,13H,6-12H2,1H3. The van der Waals surface area contributed by atoms with E-state index in [0.717, 1.165) is 30.2 Å². The topological polar surface area (TPSA) is 93.7 Å². The lowest BCUT2D eigenvalue weighted by Crippen LogP contribution is -2.48. The number of nitro groups is 1. The second kappa shape index (κ2) is 9.03. The van der Waals surface area contributed by atoms with E-state index in [2.05, 4.69) is 10.00 Å². The number of hydrogen-bond donors (Lipinski definition) is 0. The second-order valence-electron chi connectivity index (χ2n) is 6.54. The number of methoxy groups -OCH3 is 1. The van der Waals surface area contributed by atoms with Gasteiger partial charge in [-0.25, -0.2) is 0 Å². The van der Waals surface area contributed by atoms with Crippen LogP contribution in [0.2, 0.25) is 5.02 Å². The largest absolute Gasteiger partial charge is 0.475 e. The summed E-state index contributed by atoms with van der Waals surface area (Å²) in [6.45, 7) is 3.87. The number of nitrogens with zero attached hydrogens (tertiary/aromatic N) is 5. The molecule has 0 saturated carbocycles. The molecule has 1 aromatic carbocycles. The first-order valence-corrected chi connectivity index (χ1v) is 9.35. The predicted octanol–water partition coefficient (Wildman–Crippen LogP) is 2.19. The van der Waals surface area contributed by atoms with E-state index in [1.165, 1.54) is 18.0 Å². The number of carbonyl (C=O) groups is 1. The van der Waals surface area contributed by atoms with Gasteiger partial charge in [0.05, 0.1) is 18.6 Å². The van der Waals surface area contributed by atoms with E-state index in [-0.39, 0.29) is 30.4 Å². The van der Waals surface area contributed by atoms with E-state index < -0.39 is 4.92 Å². The minimum absolute atomic E-state index is 0.00881. The fraction of sp³-hybridized carbons (Fsp3) is 0.444. The fourth-order valence-electron chi connectivity index (χ4n) is 3.17. The Morgan fingerprint density at radius 1 is 1.29 bits per heavy atom. The third-order valence-electron chi connectivity index (χ3n) is 4.73. The van der Waals surface area contributed by atoms with Gasteiger partial charge in [-0.2, -0.15) is 0 Å². The van der Waals surface area contributed by atoms with Gasteiger partial charge in [0, 0.05) is 44.2 Å². The van der Waals surface area contributed by atoms with E-state index in [1.54, 1.807) is 0 Å². The monoisotopic (exact) mass is 407 g/mol. The number of hydrogen-bond acceptors (Lipinski definition) is 6. The van der Waals surface area contributed by atoms with Crippen molar-refractivity contribution >= 4 is 23.2 Å². The van der Waals surface area contributed by atoms with Crippen LogP contribution in [0, 0.1) is 10.1 Å². The van der Waals surface area contributed by atoms with Crippen molar-refractivity contribution in [1.29, 1.82) is 0 Å². The molecule has 2 heterocycles. The van der Waals surface area contributed by atoms with Crippen LogP contribution in [0.15, 0.2) is 30.5 Å². The molecule has 3 rings (SSSR count). The van der Waals surface area contributed by atoms with Crippen LogP contribution in [0.25, 0.3) is 0 Å². The van der Waals surface area contributed by atoms with E-state index in [9.17, 15) is 14.9 Å². The van der Waals surface area contributed by atoms with Crippen LogP contribution < -0.4 is 4.74 Å². The quantitative estimate of drug-likeness (QED) is 0.516. The summed E-state index contributed by atoms with van der Waals surface area (Å²) in [6.07, 6.45) is 1.51. The van der Waals surface area contributed by atoms with Gasteiger partial charge in [0.2, 0.25) is 5.91 Å². The lowest BCUT2D eigenvalue weighted by atomic mass is 10.2. The van der Waals surface area contributed by atoms with Crippen molar-refractivity contribution in [2.75, 3.05) is 33.3 Å². The summed E-state index contributed by atoms with van der Waals surface area (Å²) < 4.78 is 6.27. The van der Waals surface area contributed by atoms with E-state index in [4.69, 9.17) is 16.3 Å². The molecule has 0 aliphatic carbocycles. The Bertz CT molecular complexity index is 848. The molecule has 1 fully saturated rings. The van der Waals surface area contributed by atoms with Crippen LogP contribution in [0.4, 0.5) is 5.69 Å². The number of rotatable bonds is 7. The Kier molecular flexibility index (Phi) is 6.48. The summed E-state index contributed by atoms with van der Waals surface area (Å²) in [4.78, 5) is 26.9. The predicted molar refractivity (Wildman–Crippen MR) is 103 cm³/mol. The maximum Gasteiger partial charge on any atom is 0.350 e. The Morgan fingerprint density at radius 3 is 2.61 bits per heavy atom. The maximum absolute atomic E-state index is 12.5. The first-order chi connectivity index (χ1) is 13.5. The highest BCUT2D eigenvalue weighted by Crippen LogP contribution is 2.24. The molecule has 10 heteroatoms. The molecule has 0 radical (unpaired) electrons. The average molecular weight is 408 g/mol. The van der Waals surface area contributed by atoms with Crippen LogP contribution >= 0.6 is 11.6 Å². The minimum Gasteiger partial charge on any atom is -0.475 e. The number of aryl methyl sites for hydroxylation is 1. The molecule has 2 aromatic rings. The van der Waals surface area contributed by atoms with Gasteiger partial charge in [0.1, 0.15) is 6.20 Å². The van der Waals surface area contributed by atoms with Crippen LogP contribution in [0.5, 0.6) is 5.88 Å². The molecular weight excluding hydrogens is 386 g/mol. The van der Waals surface area contributed by atoms with Crippen LogP contribution in [0.3, 0.4) is 0 Å². The molecule has 0 atom stereocenters. The summed E-state index contributed by atoms with van der Waals surface area (Å²) in [7, 11) is 1.33. The molecule has 0 N–H and O–H groups in total. The van der Waals surface area contributed by atoms with Crippen molar-refractivity contribution < 1.29 is 14.5 Å². The lowest BCUT2D eigenvalue weighted by molar-refractivity contribution is -0.385. The van der Waals surface area contributed by atoms with Crippen molar-refractivity contribution in [2.24, 2.45) is 0 Å². The summed E-state index contributed by atoms with van der Waals surface area (Å²) in [5.74, 6) is -0.0415. The Hall–Kier alpha value is -2.65. The molecule has 0 spiro atoms. The highest BCUT2D eigenvalue weighted by atomic mass is 35.5. The Morgan fingerprint density at radius 2 is 2.00 bits per heavy atom. The van der Waals surface area contributed by atoms with Crippen LogP contribution in [-0.4, -0.2) is 63.7 Å². The van der Waals surface area contributed by atoms with Gasteiger partial charge in [-0.05, 0) is 11.6 Å². The Balaban J connectivity index is 1.48. The fourth-order valence-corrected chi connectivity index (χ4v) is 3.37. The summed E-state index contributed by atoms with van der Waals surface area (Å²) in [5, 5.41) is 15.7. The molecule has 28 heavy (non-hydrogen) atoms.